The molecule has 2 heterocycles. The molecule has 11 heteroatoms. The molecule has 1 aromatic heterocycles. The first-order valence-electron chi connectivity index (χ1n) is 11.2. The number of hydrogen-bond donors (Lipinski definition) is 1. The average Bonchev–Trinajstić information content (AvgIpc) is 3.12. The van der Waals surface area contributed by atoms with Gasteiger partial charge in [-0.05, 0) is 62.7 Å². The number of halogens is 2. The molecule has 2 N–H and O–H groups in total. The lowest BCUT2D eigenvalue weighted by Crippen LogP contribution is -2.40. The maximum Gasteiger partial charge on any atom is 0.338 e. The van der Waals surface area contributed by atoms with Gasteiger partial charge in [0.15, 0.2) is 11.4 Å². The minimum absolute atomic E-state index is 0.267. The molecule has 0 fully saturated rings. The Labute approximate surface area is 226 Å². The zero-order valence-corrected chi connectivity index (χ0v) is 22.5. The summed E-state index contributed by atoms with van der Waals surface area (Å²) in [5, 5.41) is 0.937. The Hall–Kier alpha value is -3.40. The molecule has 0 radical (unpaired) electrons. The monoisotopic (exact) mass is 559 g/mol. The maximum atomic E-state index is 13.8. The van der Waals surface area contributed by atoms with Crippen molar-refractivity contribution in [2.24, 2.45) is 10.7 Å². The number of carbonyl (C=O) groups excluding carboxylic acids is 2. The van der Waals surface area contributed by atoms with Gasteiger partial charge in [-0.25, -0.2) is 9.79 Å². The van der Waals surface area contributed by atoms with Crippen LogP contribution >= 0.6 is 34.5 Å². The van der Waals surface area contributed by atoms with Crippen molar-refractivity contribution in [3.05, 3.63) is 94.6 Å². The number of allylic oxidation sites excluding steroid dienone is 1. The number of nitrogens with zero attached hydrogens (tertiary/aromatic N) is 2. The van der Waals surface area contributed by atoms with Gasteiger partial charge in [-0.15, -0.1) is 0 Å². The van der Waals surface area contributed by atoms with Crippen molar-refractivity contribution in [2.75, 3.05) is 6.61 Å². The Bertz CT molecular complexity index is 1590. The maximum absolute atomic E-state index is 13.8. The number of amides is 1. The summed E-state index contributed by atoms with van der Waals surface area (Å²) in [6.45, 7) is 4.89. The molecule has 2 aromatic carbocycles. The number of rotatable bonds is 7. The number of fused-ring (bicyclic) bond motifs is 1. The van der Waals surface area contributed by atoms with Gasteiger partial charge in [0.25, 0.3) is 11.5 Å². The molecule has 0 aliphatic carbocycles. The molecule has 192 valence electrons. The summed E-state index contributed by atoms with van der Waals surface area (Å²) in [5.74, 6) is -0.859. The number of carbonyl (C=O) groups is 2. The van der Waals surface area contributed by atoms with Gasteiger partial charge in [0.1, 0.15) is 5.75 Å². The summed E-state index contributed by atoms with van der Waals surface area (Å²) in [6.07, 6.45) is 1.25. The molecule has 8 nitrogen and oxygen atoms in total. The van der Waals surface area contributed by atoms with Crippen LogP contribution in [0.2, 0.25) is 10.0 Å². The largest absolute Gasteiger partial charge is 0.483 e. The Morgan fingerprint density at radius 1 is 1.16 bits per heavy atom. The second-order valence-corrected chi connectivity index (χ2v) is 10.4. The van der Waals surface area contributed by atoms with Gasteiger partial charge in [-0.2, -0.15) is 0 Å². The van der Waals surface area contributed by atoms with E-state index in [2.05, 4.69) is 4.99 Å². The second kappa shape index (κ2) is 10.9. The van der Waals surface area contributed by atoms with Crippen LogP contribution in [0.4, 0.5) is 0 Å². The summed E-state index contributed by atoms with van der Waals surface area (Å²) in [4.78, 5) is 43.1. The fourth-order valence-electron chi connectivity index (χ4n) is 3.87. The highest BCUT2D eigenvalue weighted by molar-refractivity contribution is 7.07. The number of nitrogens with two attached hydrogens (primary N) is 1. The van der Waals surface area contributed by atoms with E-state index in [0.717, 1.165) is 11.3 Å². The number of aromatic nitrogens is 1. The van der Waals surface area contributed by atoms with Crippen LogP contribution in [0, 0.1) is 0 Å². The molecule has 0 bridgehead atoms. The van der Waals surface area contributed by atoms with E-state index in [0.29, 0.717) is 42.0 Å². The zero-order valence-electron chi connectivity index (χ0n) is 20.2. The second-order valence-electron chi connectivity index (χ2n) is 8.52. The van der Waals surface area contributed by atoms with Gasteiger partial charge in [0.05, 0.1) is 27.9 Å². The quantitative estimate of drug-likeness (QED) is 0.446. The topological polar surface area (TPSA) is 113 Å². The molecule has 0 saturated heterocycles. The number of esters is 1. The molecule has 1 aliphatic rings. The van der Waals surface area contributed by atoms with Crippen LogP contribution in [0.1, 0.15) is 37.9 Å². The molecule has 0 spiro atoms. The number of benzene rings is 2. The first-order valence-corrected chi connectivity index (χ1v) is 12.8. The van der Waals surface area contributed by atoms with Crippen molar-refractivity contribution in [3.63, 3.8) is 0 Å². The lowest BCUT2D eigenvalue weighted by molar-refractivity contribution is -0.143. The van der Waals surface area contributed by atoms with Gasteiger partial charge in [0, 0.05) is 15.6 Å². The molecule has 4 rings (SSSR count). The van der Waals surface area contributed by atoms with Crippen molar-refractivity contribution in [2.45, 2.75) is 32.9 Å². The van der Waals surface area contributed by atoms with Crippen molar-refractivity contribution >= 4 is 52.5 Å². The van der Waals surface area contributed by atoms with Crippen LogP contribution in [0.5, 0.6) is 5.75 Å². The molecule has 1 atom stereocenters. The molecular formula is C26H23Cl2N3O5S. The third-order valence-corrected chi connectivity index (χ3v) is 6.87. The fourth-order valence-corrected chi connectivity index (χ4v) is 5.22. The van der Waals surface area contributed by atoms with Crippen molar-refractivity contribution < 1.29 is 19.1 Å². The molecule has 0 saturated carbocycles. The van der Waals surface area contributed by atoms with E-state index >= 15 is 0 Å². The third kappa shape index (κ3) is 5.79. The summed E-state index contributed by atoms with van der Waals surface area (Å²) < 4.78 is 12.8. The van der Waals surface area contributed by atoms with Crippen molar-refractivity contribution in [1.29, 1.82) is 0 Å². The van der Waals surface area contributed by atoms with E-state index in [1.807, 2.05) is 0 Å². The van der Waals surface area contributed by atoms with Crippen LogP contribution in [0.25, 0.3) is 6.08 Å². The Morgan fingerprint density at radius 3 is 2.49 bits per heavy atom. The third-order valence-electron chi connectivity index (χ3n) is 5.40. The Morgan fingerprint density at radius 2 is 1.84 bits per heavy atom. The fraction of sp³-hybridized carbons (Fsp3) is 0.231. The molecular weight excluding hydrogens is 537 g/mol. The smallest absolute Gasteiger partial charge is 0.338 e. The van der Waals surface area contributed by atoms with E-state index < -0.39 is 17.9 Å². The van der Waals surface area contributed by atoms with E-state index in [4.69, 9.17) is 38.4 Å². The molecule has 1 unspecified atom stereocenters. The SMILES string of the molecule is CC1=C(C(=O)OC(C)C)C(c2ccc(Cl)cc2)n2c(sc(=Cc3cc(Cl)ccc3OCC(N)=O)c2=O)=N1. The van der Waals surface area contributed by atoms with Gasteiger partial charge < -0.3 is 15.2 Å². The van der Waals surface area contributed by atoms with E-state index in [1.54, 1.807) is 69.3 Å². The number of ether oxygens (including phenoxy) is 2. The van der Waals surface area contributed by atoms with Crippen LogP contribution < -0.4 is 25.4 Å². The van der Waals surface area contributed by atoms with Gasteiger partial charge in [-0.3, -0.25) is 14.2 Å². The first kappa shape index (κ1) is 26.7. The molecule has 3 aromatic rings. The molecule has 1 aliphatic heterocycles. The van der Waals surface area contributed by atoms with Crippen molar-refractivity contribution in [3.8, 4) is 5.75 Å². The predicted molar refractivity (Wildman–Crippen MR) is 143 cm³/mol. The highest BCUT2D eigenvalue weighted by atomic mass is 35.5. The van der Waals surface area contributed by atoms with Crippen LogP contribution in [-0.4, -0.2) is 29.2 Å². The summed E-state index contributed by atoms with van der Waals surface area (Å²) in [7, 11) is 0. The first-order chi connectivity index (χ1) is 17.5. The average molecular weight is 560 g/mol. The standard InChI is InChI=1S/C26H23Cl2N3O5S/c1-13(2)36-25(34)22-14(3)30-26-31(23(22)15-4-6-17(27)7-5-15)24(33)20(37-26)11-16-10-18(28)8-9-19(16)35-12-21(29)32/h4-11,13,23H,12H2,1-3H3,(H2,29,32). The molecule has 1 amide bonds. The predicted octanol–water partition coefficient (Wildman–Crippen LogP) is 3.36. The zero-order chi connectivity index (χ0) is 26.9. The van der Waals surface area contributed by atoms with E-state index in [-0.39, 0.29) is 23.8 Å². The lowest BCUT2D eigenvalue weighted by Gasteiger charge is -2.25. The highest BCUT2D eigenvalue weighted by Crippen LogP contribution is 2.31. The van der Waals surface area contributed by atoms with Crippen LogP contribution in [-0.2, 0) is 14.3 Å². The highest BCUT2D eigenvalue weighted by Gasteiger charge is 2.33. The summed E-state index contributed by atoms with van der Waals surface area (Å²) >= 11 is 13.4. The minimum Gasteiger partial charge on any atom is -0.483 e. The van der Waals surface area contributed by atoms with E-state index in [1.165, 1.54) is 4.57 Å². The van der Waals surface area contributed by atoms with E-state index in [9.17, 15) is 14.4 Å². The number of thiazole rings is 1. The van der Waals surface area contributed by atoms with Crippen LogP contribution in [0.15, 0.2) is 63.5 Å². The molecule has 37 heavy (non-hydrogen) atoms. The minimum atomic E-state index is -0.771. The summed E-state index contributed by atoms with van der Waals surface area (Å²) in [6, 6.07) is 11.0. The van der Waals surface area contributed by atoms with Crippen molar-refractivity contribution in [1.82, 2.24) is 4.57 Å². The number of hydrogen-bond acceptors (Lipinski definition) is 7. The van der Waals surface area contributed by atoms with Gasteiger partial charge >= 0.3 is 5.97 Å². The Balaban J connectivity index is 1.92. The Kier molecular flexibility index (Phi) is 7.87. The van der Waals surface area contributed by atoms with Crippen LogP contribution in [0.3, 0.4) is 0 Å². The normalized spacial score (nSPS) is 15.4. The lowest BCUT2D eigenvalue weighted by atomic mass is 9.96. The number of primary amides is 1. The summed E-state index contributed by atoms with van der Waals surface area (Å²) in [5.41, 5.74) is 6.72. The van der Waals surface area contributed by atoms with Gasteiger partial charge in [0.2, 0.25) is 0 Å². The van der Waals surface area contributed by atoms with Gasteiger partial charge in [-0.1, -0.05) is 46.7 Å².